The van der Waals surface area contributed by atoms with Crippen molar-refractivity contribution >= 4 is 12.1 Å². The Hall–Kier alpha value is -1.50. The van der Waals surface area contributed by atoms with Crippen molar-refractivity contribution in [2.75, 3.05) is 39.8 Å². The van der Waals surface area contributed by atoms with Crippen LogP contribution in [-0.2, 0) is 4.74 Å². The average molecular weight is 370 g/mol. The van der Waals surface area contributed by atoms with E-state index in [1.54, 1.807) is 7.05 Å². The maximum Gasteiger partial charge on any atom is 0.408 e. The van der Waals surface area contributed by atoms with Crippen LogP contribution >= 0.6 is 0 Å². The molecule has 1 saturated heterocycles. The summed E-state index contributed by atoms with van der Waals surface area (Å²) in [6.07, 6.45) is 2.23. The summed E-state index contributed by atoms with van der Waals surface area (Å²) >= 11 is 0. The highest BCUT2D eigenvalue weighted by Crippen LogP contribution is 2.10. The first-order valence-electron chi connectivity index (χ1n) is 9.69. The molecule has 1 unspecified atom stereocenters. The lowest BCUT2D eigenvalue weighted by atomic mass is 10.1. The van der Waals surface area contributed by atoms with Gasteiger partial charge in [-0.2, -0.15) is 0 Å². The fourth-order valence-corrected chi connectivity index (χ4v) is 2.89. The number of likely N-dealkylation sites (tertiary alicyclic amines) is 1. The molecule has 1 atom stereocenters. The van der Waals surface area contributed by atoms with Gasteiger partial charge in [0, 0.05) is 26.7 Å². The second kappa shape index (κ2) is 10.00. The van der Waals surface area contributed by atoms with E-state index in [1.807, 2.05) is 34.6 Å². The number of alkyl carbamates (subject to hydrolysis) is 1. The molecule has 0 aromatic rings. The second-order valence-electron chi connectivity index (χ2n) is 8.93. The molecule has 1 aliphatic heterocycles. The Kier molecular flexibility index (Phi) is 8.67. The first-order valence-corrected chi connectivity index (χ1v) is 9.69. The Morgan fingerprint density at radius 2 is 1.77 bits per heavy atom. The Morgan fingerprint density at radius 3 is 2.31 bits per heavy atom. The van der Waals surface area contributed by atoms with Crippen LogP contribution in [0.2, 0.25) is 0 Å². The number of ether oxygens (including phenoxy) is 1. The summed E-state index contributed by atoms with van der Waals surface area (Å²) in [6, 6.07) is 0. The van der Waals surface area contributed by atoms with Gasteiger partial charge >= 0.3 is 6.09 Å². The van der Waals surface area contributed by atoms with Crippen molar-refractivity contribution in [2.45, 2.75) is 65.5 Å². The van der Waals surface area contributed by atoms with E-state index in [0.29, 0.717) is 12.5 Å². The molecule has 1 rings (SSSR count). The van der Waals surface area contributed by atoms with Gasteiger partial charge in [-0.1, -0.05) is 6.92 Å². The SMILES string of the molecule is CN=C(NCC(C)CN1CCCC1)NCC(C)(C)NC(=O)OC(C)(C)C. The monoisotopic (exact) mass is 369 g/mol. The lowest BCUT2D eigenvalue weighted by Crippen LogP contribution is -2.54. The van der Waals surface area contributed by atoms with E-state index in [-0.39, 0.29) is 0 Å². The average Bonchev–Trinajstić information content (AvgIpc) is 2.97. The largest absolute Gasteiger partial charge is 0.444 e. The van der Waals surface area contributed by atoms with E-state index < -0.39 is 17.2 Å². The molecule has 0 aromatic heterocycles. The summed E-state index contributed by atoms with van der Waals surface area (Å²) in [6.45, 7) is 16.7. The van der Waals surface area contributed by atoms with Crippen LogP contribution in [0, 0.1) is 5.92 Å². The number of aliphatic imine (C=N–C) groups is 1. The third kappa shape index (κ3) is 9.85. The molecule has 152 valence electrons. The van der Waals surface area contributed by atoms with E-state index in [1.165, 1.54) is 25.9 Å². The predicted octanol–water partition coefficient (Wildman–Crippen LogP) is 2.19. The van der Waals surface area contributed by atoms with Gasteiger partial charge < -0.3 is 25.6 Å². The minimum atomic E-state index is -0.503. The van der Waals surface area contributed by atoms with Gasteiger partial charge in [0.2, 0.25) is 0 Å². The second-order valence-corrected chi connectivity index (χ2v) is 8.93. The predicted molar refractivity (Wildman–Crippen MR) is 108 cm³/mol. The number of nitrogens with one attached hydrogen (secondary N) is 3. The van der Waals surface area contributed by atoms with Crippen LogP contribution in [0.5, 0.6) is 0 Å². The summed E-state index contributed by atoms with van der Waals surface area (Å²) in [7, 11) is 1.76. The maximum absolute atomic E-state index is 12.0. The van der Waals surface area contributed by atoms with Crippen molar-refractivity contribution in [1.29, 1.82) is 0 Å². The van der Waals surface area contributed by atoms with Crippen LogP contribution in [0.15, 0.2) is 4.99 Å². The van der Waals surface area contributed by atoms with E-state index in [2.05, 4.69) is 32.8 Å². The first kappa shape index (κ1) is 22.5. The van der Waals surface area contributed by atoms with Crippen molar-refractivity contribution in [3.05, 3.63) is 0 Å². The van der Waals surface area contributed by atoms with Gasteiger partial charge in [-0.15, -0.1) is 0 Å². The summed E-state index contributed by atoms with van der Waals surface area (Å²) in [4.78, 5) is 18.8. The van der Waals surface area contributed by atoms with Gasteiger partial charge in [-0.25, -0.2) is 4.79 Å². The molecule has 0 saturated carbocycles. The minimum Gasteiger partial charge on any atom is -0.444 e. The molecule has 1 fully saturated rings. The van der Waals surface area contributed by atoms with Gasteiger partial charge in [-0.05, 0) is 66.5 Å². The van der Waals surface area contributed by atoms with E-state index in [4.69, 9.17) is 4.74 Å². The highest BCUT2D eigenvalue weighted by molar-refractivity contribution is 5.79. The Morgan fingerprint density at radius 1 is 1.15 bits per heavy atom. The molecule has 0 aromatic carbocycles. The lowest BCUT2D eigenvalue weighted by molar-refractivity contribution is 0.0474. The zero-order chi connectivity index (χ0) is 19.8. The fraction of sp³-hybridized carbons (Fsp3) is 0.895. The van der Waals surface area contributed by atoms with Crippen molar-refractivity contribution < 1.29 is 9.53 Å². The summed E-state index contributed by atoms with van der Waals surface area (Å²) in [5.41, 5.74) is -0.961. The molecule has 1 heterocycles. The van der Waals surface area contributed by atoms with E-state index in [9.17, 15) is 4.79 Å². The Labute approximate surface area is 159 Å². The van der Waals surface area contributed by atoms with Crippen molar-refractivity contribution in [1.82, 2.24) is 20.9 Å². The molecule has 7 heteroatoms. The van der Waals surface area contributed by atoms with Crippen LogP contribution in [0.1, 0.15) is 54.4 Å². The Bertz CT molecular complexity index is 465. The minimum absolute atomic E-state index is 0.411. The molecule has 0 bridgehead atoms. The number of amides is 1. The standard InChI is InChI=1S/C19H39N5O2/c1-15(13-24-10-8-9-11-24)12-21-16(20-7)22-14-19(5,6)23-17(25)26-18(2,3)4/h15H,8-14H2,1-7H3,(H,23,25)(H2,20,21,22). The number of carbonyl (C=O) groups is 1. The van der Waals surface area contributed by atoms with Crippen LogP contribution in [0.25, 0.3) is 0 Å². The normalized spacial score (nSPS) is 17.7. The molecule has 1 amide bonds. The zero-order valence-electron chi connectivity index (χ0n) is 17.7. The molecule has 1 aliphatic rings. The van der Waals surface area contributed by atoms with Gasteiger partial charge in [-0.3, -0.25) is 4.99 Å². The number of hydrogen-bond acceptors (Lipinski definition) is 4. The third-order valence-electron chi connectivity index (χ3n) is 4.15. The highest BCUT2D eigenvalue weighted by Gasteiger charge is 2.25. The van der Waals surface area contributed by atoms with E-state index in [0.717, 1.165) is 19.0 Å². The summed E-state index contributed by atoms with van der Waals surface area (Å²) in [5.74, 6) is 1.30. The number of nitrogens with zero attached hydrogens (tertiary/aromatic N) is 2. The fourth-order valence-electron chi connectivity index (χ4n) is 2.89. The van der Waals surface area contributed by atoms with Gasteiger partial charge in [0.15, 0.2) is 5.96 Å². The number of guanidine groups is 1. The highest BCUT2D eigenvalue weighted by atomic mass is 16.6. The lowest BCUT2D eigenvalue weighted by Gasteiger charge is -2.29. The number of carbonyl (C=O) groups excluding carboxylic acids is 1. The smallest absolute Gasteiger partial charge is 0.408 e. The van der Waals surface area contributed by atoms with Crippen LogP contribution in [0.3, 0.4) is 0 Å². The maximum atomic E-state index is 12.0. The quantitative estimate of drug-likeness (QED) is 0.474. The molecular weight excluding hydrogens is 330 g/mol. The van der Waals surface area contributed by atoms with E-state index >= 15 is 0 Å². The van der Waals surface area contributed by atoms with Crippen LogP contribution < -0.4 is 16.0 Å². The number of rotatable bonds is 7. The topological polar surface area (TPSA) is 78.0 Å². The number of hydrogen-bond donors (Lipinski definition) is 3. The molecule has 0 radical (unpaired) electrons. The Balaban J connectivity index is 2.33. The van der Waals surface area contributed by atoms with Crippen molar-refractivity contribution in [2.24, 2.45) is 10.9 Å². The molecule has 0 spiro atoms. The van der Waals surface area contributed by atoms with Gasteiger partial charge in [0.25, 0.3) is 0 Å². The summed E-state index contributed by atoms with van der Waals surface area (Å²) in [5, 5.41) is 9.55. The molecule has 3 N–H and O–H groups in total. The third-order valence-corrected chi connectivity index (χ3v) is 4.15. The van der Waals surface area contributed by atoms with Crippen molar-refractivity contribution in [3.8, 4) is 0 Å². The molecule has 0 aliphatic carbocycles. The van der Waals surface area contributed by atoms with Gasteiger partial charge in [0.05, 0.1) is 5.54 Å². The molecule has 7 nitrogen and oxygen atoms in total. The van der Waals surface area contributed by atoms with Crippen molar-refractivity contribution in [3.63, 3.8) is 0 Å². The van der Waals surface area contributed by atoms with Crippen LogP contribution in [0.4, 0.5) is 4.79 Å². The first-order chi connectivity index (χ1) is 12.0. The zero-order valence-corrected chi connectivity index (χ0v) is 17.7. The van der Waals surface area contributed by atoms with Crippen LogP contribution in [-0.4, -0.2) is 67.9 Å². The summed E-state index contributed by atoms with van der Waals surface area (Å²) < 4.78 is 5.32. The van der Waals surface area contributed by atoms with Gasteiger partial charge in [0.1, 0.15) is 5.60 Å². The molecular formula is C19H39N5O2. The molecule has 26 heavy (non-hydrogen) atoms.